The van der Waals surface area contributed by atoms with Crippen LogP contribution < -0.4 is 5.32 Å². The van der Waals surface area contributed by atoms with Crippen molar-refractivity contribution in [3.05, 3.63) is 36.0 Å². The van der Waals surface area contributed by atoms with Gasteiger partial charge in [0.15, 0.2) is 0 Å². The van der Waals surface area contributed by atoms with Crippen molar-refractivity contribution >= 4 is 10.9 Å². The molecule has 3 nitrogen and oxygen atoms in total. The van der Waals surface area contributed by atoms with Crippen LogP contribution in [-0.2, 0) is 11.3 Å². The maximum absolute atomic E-state index is 5.37. The van der Waals surface area contributed by atoms with Crippen LogP contribution in [0, 0.1) is 5.92 Å². The summed E-state index contributed by atoms with van der Waals surface area (Å²) in [5.74, 6) is 0.695. The van der Waals surface area contributed by atoms with Gasteiger partial charge >= 0.3 is 0 Å². The van der Waals surface area contributed by atoms with Crippen LogP contribution >= 0.6 is 0 Å². The molecule has 3 heteroatoms. The molecule has 1 aromatic carbocycles. The van der Waals surface area contributed by atoms with E-state index < -0.39 is 0 Å². The molecular weight excluding hydrogens is 212 g/mol. The molecule has 0 bridgehead atoms. The number of aromatic nitrogens is 1. The van der Waals surface area contributed by atoms with Crippen molar-refractivity contribution in [3.8, 4) is 0 Å². The average Bonchev–Trinajstić information content (AvgIpc) is 2.99. The van der Waals surface area contributed by atoms with E-state index in [1.54, 1.807) is 0 Å². The highest BCUT2D eigenvalue weighted by Crippen LogP contribution is 2.17. The highest BCUT2D eigenvalue weighted by atomic mass is 16.5. The van der Waals surface area contributed by atoms with E-state index in [1.165, 1.54) is 22.9 Å². The molecule has 1 aromatic heterocycles. The van der Waals surface area contributed by atoms with Gasteiger partial charge in [0.1, 0.15) is 0 Å². The van der Waals surface area contributed by atoms with E-state index in [2.05, 4.69) is 40.8 Å². The number of benzene rings is 1. The average molecular weight is 230 g/mol. The van der Waals surface area contributed by atoms with Crippen molar-refractivity contribution in [2.24, 2.45) is 5.92 Å². The highest BCUT2D eigenvalue weighted by Gasteiger charge is 2.14. The second-order valence-electron chi connectivity index (χ2n) is 4.72. The smallest absolute Gasteiger partial charge is 0.0507 e. The molecule has 90 valence electrons. The molecule has 1 aliphatic heterocycles. The summed E-state index contributed by atoms with van der Waals surface area (Å²) >= 11 is 0. The maximum atomic E-state index is 5.37. The Balaban J connectivity index is 1.60. The van der Waals surface area contributed by atoms with Gasteiger partial charge in [-0.15, -0.1) is 0 Å². The van der Waals surface area contributed by atoms with Gasteiger partial charge in [0.2, 0.25) is 0 Å². The number of H-pyrrole nitrogens is 1. The summed E-state index contributed by atoms with van der Waals surface area (Å²) in [6.45, 7) is 3.83. The minimum absolute atomic E-state index is 0.695. The Kier molecular flexibility index (Phi) is 3.12. The molecule has 1 aliphatic rings. The lowest BCUT2D eigenvalue weighted by molar-refractivity contribution is 0.185. The summed E-state index contributed by atoms with van der Waals surface area (Å²) in [6.07, 6.45) is 3.30. The molecule has 2 aromatic rings. The first-order chi connectivity index (χ1) is 8.43. The summed E-state index contributed by atoms with van der Waals surface area (Å²) in [7, 11) is 0. The predicted molar refractivity (Wildman–Crippen MR) is 68.9 cm³/mol. The van der Waals surface area contributed by atoms with Gasteiger partial charge in [-0.05, 0) is 24.0 Å². The van der Waals surface area contributed by atoms with Crippen LogP contribution in [0.15, 0.2) is 30.5 Å². The zero-order valence-electron chi connectivity index (χ0n) is 9.91. The number of hydrogen-bond acceptors (Lipinski definition) is 2. The Morgan fingerprint density at radius 3 is 3.18 bits per heavy atom. The SMILES string of the molecule is c1ccc2c(CNCC3CCOC3)c[nH]c2c1. The third-order valence-electron chi connectivity index (χ3n) is 3.45. The molecule has 1 unspecified atom stereocenters. The van der Waals surface area contributed by atoms with Crippen molar-refractivity contribution in [3.63, 3.8) is 0 Å². The Morgan fingerprint density at radius 2 is 2.29 bits per heavy atom. The Bertz CT molecular complexity index is 486. The fourth-order valence-electron chi connectivity index (χ4n) is 2.43. The van der Waals surface area contributed by atoms with Crippen LogP contribution in [0.4, 0.5) is 0 Å². The van der Waals surface area contributed by atoms with E-state index in [0.29, 0.717) is 5.92 Å². The molecule has 1 atom stereocenters. The Morgan fingerprint density at radius 1 is 1.35 bits per heavy atom. The first-order valence-electron chi connectivity index (χ1n) is 6.27. The van der Waals surface area contributed by atoms with Crippen molar-refractivity contribution in [2.45, 2.75) is 13.0 Å². The van der Waals surface area contributed by atoms with E-state index in [4.69, 9.17) is 4.74 Å². The first kappa shape index (κ1) is 10.8. The van der Waals surface area contributed by atoms with Gasteiger partial charge in [-0.1, -0.05) is 18.2 Å². The van der Waals surface area contributed by atoms with Crippen molar-refractivity contribution in [1.29, 1.82) is 0 Å². The monoisotopic (exact) mass is 230 g/mol. The predicted octanol–water partition coefficient (Wildman–Crippen LogP) is 2.29. The molecule has 0 radical (unpaired) electrons. The number of rotatable bonds is 4. The van der Waals surface area contributed by atoms with Gasteiger partial charge in [0, 0.05) is 36.8 Å². The number of para-hydroxylation sites is 1. The van der Waals surface area contributed by atoms with E-state index in [-0.39, 0.29) is 0 Å². The third kappa shape index (κ3) is 2.35. The standard InChI is InChI=1S/C14H18N2O/c1-2-4-14-13(3-1)12(9-16-14)8-15-7-11-5-6-17-10-11/h1-4,9,11,15-16H,5-8,10H2. The van der Waals surface area contributed by atoms with E-state index in [9.17, 15) is 0 Å². The van der Waals surface area contributed by atoms with Gasteiger partial charge in [0.05, 0.1) is 6.61 Å². The van der Waals surface area contributed by atoms with Crippen LogP contribution in [0.5, 0.6) is 0 Å². The van der Waals surface area contributed by atoms with Gasteiger partial charge < -0.3 is 15.0 Å². The van der Waals surface area contributed by atoms with Crippen LogP contribution in [0.1, 0.15) is 12.0 Å². The van der Waals surface area contributed by atoms with Gasteiger partial charge in [-0.2, -0.15) is 0 Å². The first-order valence-corrected chi connectivity index (χ1v) is 6.27. The fraction of sp³-hybridized carbons (Fsp3) is 0.429. The molecule has 3 rings (SSSR count). The molecule has 1 saturated heterocycles. The van der Waals surface area contributed by atoms with Crippen LogP contribution in [0.2, 0.25) is 0 Å². The largest absolute Gasteiger partial charge is 0.381 e. The minimum atomic E-state index is 0.695. The molecule has 0 spiro atoms. The van der Waals surface area contributed by atoms with E-state index in [1.807, 2.05) is 0 Å². The zero-order valence-corrected chi connectivity index (χ0v) is 9.91. The molecular formula is C14H18N2O. The van der Waals surface area contributed by atoms with Gasteiger partial charge in [-0.25, -0.2) is 0 Å². The van der Waals surface area contributed by atoms with Crippen molar-refractivity contribution in [1.82, 2.24) is 10.3 Å². The molecule has 1 fully saturated rings. The van der Waals surface area contributed by atoms with Gasteiger partial charge in [0.25, 0.3) is 0 Å². The molecule has 0 aliphatic carbocycles. The van der Waals surface area contributed by atoms with E-state index >= 15 is 0 Å². The minimum Gasteiger partial charge on any atom is -0.381 e. The lowest BCUT2D eigenvalue weighted by Gasteiger charge is -2.08. The summed E-state index contributed by atoms with van der Waals surface area (Å²) < 4.78 is 5.37. The third-order valence-corrected chi connectivity index (χ3v) is 3.45. The highest BCUT2D eigenvalue weighted by molar-refractivity contribution is 5.82. The number of nitrogens with one attached hydrogen (secondary N) is 2. The van der Waals surface area contributed by atoms with Crippen molar-refractivity contribution in [2.75, 3.05) is 19.8 Å². The topological polar surface area (TPSA) is 37.0 Å². The molecule has 0 saturated carbocycles. The molecule has 17 heavy (non-hydrogen) atoms. The van der Waals surface area contributed by atoms with Crippen LogP contribution in [0.25, 0.3) is 10.9 Å². The second-order valence-corrected chi connectivity index (χ2v) is 4.72. The summed E-state index contributed by atoms with van der Waals surface area (Å²) in [5, 5.41) is 4.84. The number of hydrogen-bond donors (Lipinski definition) is 2. The number of fused-ring (bicyclic) bond motifs is 1. The van der Waals surface area contributed by atoms with Crippen LogP contribution in [-0.4, -0.2) is 24.7 Å². The molecule has 2 heterocycles. The number of aromatic amines is 1. The van der Waals surface area contributed by atoms with Gasteiger partial charge in [-0.3, -0.25) is 0 Å². The fourth-order valence-corrected chi connectivity index (χ4v) is 2.43. The lowest BCUT2D eigenvalue weighted by Crippen LogP contribution is -2.22. The second kappa shape index (κ2) is 4.90. The summed E-state index contributed by atoms with van der Waals surface area (Å²) in [5.41, 5.74) is 2.56. The maximum Gasteiger partial charge on any atom is 0.0507 e. The van der Waals surface area contributed by atoms with Crippen LogP contribution in [0.3, 0.4) is 0 Å². The number of ether oxygens (including phenoxy) is 1. The Hall–Kier alpha value is -1.32. The quantitative estimate of drug-likeness (QED) is 0.845. The Labute approximate surface area is 101 Å². The molecule has 2 N–H and O–H groups in total. The summed E-state index contributed by atoms with van der Waals surface area (Å²) in [4.78, 5) is 3.30. The summed E-state index contributed by atoms with van der Waals surface area (Å²) in [6, 6.07) is 8.43. The van der Waals surface area contributed by atoms with Crippen molar-refractivity contribution < 1.29 is 4.74 Å². The lowest BCUT2D eigenvalue weighted by atomic mass is 10.1. The normalized spacial score (nSPS) is 20.1. The zero-order chi connectivity index (χ0) is 11.5. The molecule has 0 amide bonds. The van der Waals surface area contributed by atoms with E-state index in [0.717, 1.165) is 26.3 Å².